The summed E-state index contributed by atoms with van der Waals surface area (Å²) in [5, 5.41) is 11.0. The minimum absolute atomic E-state index is 0.0665. The van der Waals surface area contributed by atoms with Crippen molar-refractivity contribution in [1.82, 2.24) is 4.90 Å². The van der Waals surface area contributed by atoms with Crippen molar-refractivity contribution in [2.45, 2.75) is 12.5 Å². The number of hydrogen-bond donors (Lipinski definition) is 2. The number of aliphatic hydroxyl groups excluding tert-OH is 1. The molecule has 164 valence electrons. The number of Topliss-reactive ketones (excluding diaryl/α,β-unsaturated/α-hetero) is 1. The molecule has 2 N–H and O–H groups in total. The van der Waals surface area contributed by atoms with Gasteiger partial charge in [0.25, 0.3) is 11.7 Å². The summed E-state index contributed by atoms with van der Waals surface area (Å²) in [5.74, 6) is -0.427. The van der Waals surface area contributed by atoms with Crippen LogP contribution in [-0.4, -0.2) is 63.1 Å². The van der Waals surface area contributed by atoms with Gasteiger partial charge in [0.1, 0.15) is 17.3 Å². The molecule has 7 heteroatoms. The van der Waals surface area contributed by atoms with E-state index in [0.717, 1.165) is 13.0 Å². The normalized spacial score (nSPS) is 18.0. The van der Waals surface area contributed by atoms with E-state index < -0.39 is 17.7 Å². The highest BCUT2D eigenvalue weighted by atomic mass is 16.5. The number of hydrogen-bond acceptors (Lipinski definition) is 5. The quantitative estimate of drug-likeness (QED) is 0.382. The molecule has 1 aliphatic rings. The van der Waals surface area contributed by atoms with E-state index in [1.165, 1.54) is 16.9 Å². The highest BCUT2D eigenvalue weighted by molar-refractivity contribution is 6.46. The molecular formula is C24H29N2O5+. The molecule has 2 aromatic rings. The average Bonchev–Trinajstić information content (AvgIpc) is 3.03. The number of carbonyl (C=O) groups is 2. The third-order valence-electron chi connectivity index (χ3n) is 5.40. The average molecular weight is 426 g/mol. The van der Waals surface area contributed by atoms with Gasteiger partial charge in [0.15, 0.2) is 0 Å². The first-order valence-corrected chi connectivity index (χ1v) is 10.2. The zero-order valence-electron chi connectivity index (χ0n) is 18.3. The van der Waals surface area contributed by atoms with Crippen LogP contribution < -0.4 is 14.4 Å². The largest absolute Gasteiger partial charge is 0.507 e. The molecule has 7 nitrogen and oxygen atoms in total. The Balaban J connectivity index is 2.15. The second kappa shape index (κ2) is 9.66. The van der Waals surface area contributed by atoms with Crippen LogP contribution in [0.15, 0.2) is 54.1 Å². The summed E-state index contributed by atoms with van der Waals surface area (Å²) in [6, 6.07) is 13.3. The van der Waals surface area contributed by atoms with Crippen LogP contribution in [0.5, 0.6) is 11.5 Å². The summed E-state index contributed by atoms with van der Waals surface area (Å²) < 4.78 is 10.8. The molecular weight excluding hydrogens is 396 g/mol. The first-order valence-electron chi connectivity index (χ1n) is 10.2. The Kier molecular flexibility index (Phi) is 6.97. The van der Waals surface area contributed by atoms with Gasteiger partial charge in [-0.15, -0.1) is 0 Å². The van der Waals surface area contributed by atoms with E-state index in [-0.39, 0.29) is 11.3 Å². The van der Waals surface area contributed by atoms with Gasteiger partial charge in [-0.1, -0.05) is 30.3 Å². The molecule has 1 aliphatic heterocycles. The summed E-state index contributed by atoms with van der Waals surface area (Å²) in [6.45, 7) is 1.23. The Morgan fingerprint density at radius 2 is 1.77 bits per heavy atom. The van der Waals surface area contributed by atoms with Gasteiger partial charge in [-0.05, 0) is 12.1 Å². The summed E-state index contributed by atoms with van der Waals surface area (Å²) in [6.07, 6.45) is 0.718. The molecule has 31 heavy (non-hydrogen) atoms. The third kappa shape index (κ3) is 4.56. The number of amides is 1. The number of nitrogens with one attached hydrogen (secondary N) is 1. The van der Waals surface area contributed by atoms with Crippen LogP contribution in [0.25, 0.3) is 5.76 Å². The zero-order valence-corrected chi connectivity index (χ0v) is 18.3. The fourth-order valence-electron chi connectivity index (χ4n) is 3.83. The van der Waals surface area contributed by atoms with Gasteiger partial charge in [0.05, 0.1) is 46.5 Å². The second-order valence-electron chi connectivity index (χ2n) is 7.78. The van der Waals surface area contributed by atoms with Gasteiger partial charge in [0, 0.05) is 30.2 Å². The van der Waals surface area contributed by atoms with Crippen molar-refractivity contribution in [3.63, 3.8) is 0 Å². The minimum Gasteiger partial charge on any atom is -0.507 e. The van der Waals surface area contributed by atoms with Crippen molar-refractivity contribution in [3.8, 4) is 11.5 Å². The van der Waals surface area contributed by atoms with Crippen molar-refractivity contribution in [1.29, 1.82) is 0 Å². The van der Waals surface area contributed by atoms with Crippen LogP contribution >= 0.6 is 0 Å². The molecule has 0 aliphatic carbocycles. The van der Waals surface area contributed by atoms with Crippen molar-refractivity contribution in [2.24, 2.45) is 0 Å². The topological polar surface area (TPSA) is 80.5 Å². The Bertz CT molecular complexity index is 985. The molecule has 0 aromatic heterocycles. The molecule has 1 amide bonds. The number of methoxy groups -OCH3 is 2. The number of benzene rings is 2. The number of carbonyl (C=O) groups excluding carboxylic acids is 2. The maximum absolute atomic E-state index is 13.1. The third-order valence-corrected chi connectivity index (χ3v) is 5.40. The van der Waals surface area contributed by atoms with Crippen LogP contribution in [0.1, 0.15) is 23.6 Å². The van der Waals surface area contributed by atoms with Crippen molar-refractivity contribution in [2.75, 3.05) is 41.4 Å². The summed E-state index contributed by atoms with van der Waals surface area (Å²) >= 11 is 0. The second-order valence-corrected chi connectivity index (χ2v) is 7.78. The minimum atomic E-state index is -0.752. The Hall–Kier alpha value is -3.32. The molecule has 0 spiro atoms. The molecule has 1 atom stereocenters. The lowest BCUT2D eigenvalue weighted by atomic mass is 9.94. The van der Waals surface area contributed by atoms with E-state index in [2.05, 4.69) is 0 Å². The van der Waals surface area contributed by atoms with Crippen LogP contribution in [0.2, 0.25) is 0 Å². The van der Waals surface area contributed by atoms with Gasteiger partial charge in [0.2, 0.25) is 0 Å². The van der Waals surface area contributed by atoms with E-state index in [4.69, 9.17) is 9.47 Å². The number of likely N-dealkylation sites (tertiary alicyclic amines) is 1. The SMILES string of the molecule is COc1ccc(C2C(=C(O)c3ccccc3)C(=O)C(=O)N2CCC[NH+](C)C)c(OC)c1. The molecule has 0 saturated carbocycles. The monoisotopic (exact) mass is 425 g/mol. The molecule has 3 rings (SSSR count). The zero-order chi connectivity index (χ0) is 22.5. The molecule has 1 unspecified atom stereocenters. The maximum Gasteiger partial charge on any atom is 0.295 e. The lowest BCUT2D eigenvalue weighted by Gasteiger charge is -2.27. The molecule has 1 fully saturated rings. The van der Waals surface area contributed by atoms with Gasteiger partial charge < -0.3 is 24.4 Å². The van der Waals surface area contributed by atoms with E-state index in [1.807, 2.05) is 20.2 Å². The predicted molar refractivity (Wildman–Crippen MR) is 117 cm³/mol. The lowest BCUT2D eigenvalue weighted by Crippen LogP contribution is -3.05. The van der Waals surface area contributed by atoms with E-state index in [1.54, 1.807) is 49.6 Å². The highest BCUT2D eigenvalue weighted by Crippen LogP contribution is 2.43. The maximum atomic E-state index is 13.1. The Morgan fingerprint density at radius 3 is 2.39 bits per heavy atom. The van der Waals surface area contributed by atoms with E-state index >= 15 is 0 Å². The number of ether oxygens (including phenoxy) is 2. The first kappa shape index (κ1) is 22.4. The summed E-state index contributed by atoms with van der Waals surface area (Å²) in [5.41, 5.74) is 1.17. The van der Waals surface area contributed by atoms with Crippen molar-refractivity contribution >= 4 is 17.4 Å². The van der Waals surface area contributed by atoms with Crippen molar-refractivity contribution < 1.29 is 29.1 Å². The van der Waals surface area contributed by atoms with Gasteiger partial charge in [-0.2, -0.15) is 0 Å². The first-order chi connectivity index (χ1) is 14.9. The molecule has 0 radical (unpaired) electrons. The molecule has 1 heterocycles. The summed E-state index contributed by atoms with van der Waals surface area (Å²) in [4.78, 5) is 28.8. The molecule has 1 saturated heterocycles. The van der Waals surface area contributed by atoms with Crippen LogP contribution in [0.3, 0.4) is 0 Å². The van der Waals surface area contributed by atoms with Crippen LogP contribution in [0.4, 0.5) is 0 Å². The predicted octanol–water partition coefficient (Wildman–Crippen LogP) is 1.66. The van der Waals surface area contributed by atoms with Crippen molar-refractivity contribution in [3.05, 3.63) is 65.2 Å². The fourth-order valence-corrected chi connectivity index (χ4v) is 3.83. The van der Waals surface area contributed by atoms with Crippen LogP contribution in [-0.2, 0) is 9.59 Å². The fraction of sp³-hybridized carbons (Fsp3) is 0.333. The number of nitrogens with zero attached hydrogens (tertiary/aromatic N) is 1. The Labute approximate surface area is 182 Å². The standard InChI is InChI=1S/C24H28N2O5/c1-25(2)13-8-14-26-21(18-12-11-17(30-3)15-19(18)31-4)20(23(28)24(26)29)22(27)16-9-6-5-7-10-16/h5-7,9-12,15,21,27H,8,13-14H2,1-4H3/p+1. The van der Waals surface area contributed by atoms with Crippen LogP contribution in [0, 0.1) is 0 Å². The van der Waals surface area contributed by atoms with Gasteiger partial charge >= 0.3 is 0 Å². The molecule has 2 aromatic carbocycles. The van der Waals surface area contributed by atoms with E-state index in [9.17, 15) is 14.7 Å². The number of rotatable bonds is 8. The highest BCUT2D eigenvalue weighted by Gasteiger charge is 2.46. The van der Waals surface area contributed by atoms with Gasteiger partial charge in [-0.3, -0.25) is 9.59 Å². The Morgan fingerprint density at radius 1 is 1.06 bits per heavy atom. The smallest absolute Gasteiger partial charge is 0.295 e. The van der Waals surface area contributed by atoms with Gasteiger partial charge in [-0.25, -0.2) is 0 Å². The van der Waals surface area contributed by atoms with E-state index in [0.29, 0.717) is 29.2 Å². The number of quaternary nitrogens is 1. The molecule has 0 bridgehead atoms. The summed E-state index contributed by atoms with van der Waals surface area (Å²) in [7, 11) is 7.15. The number of ketones is 1. The lowest BCUT2D eigenvalue weighted by molar-refractivity contribution is -0.858. The number of aliphatic hydroxyl groups is 1.